The summed E-state index contributed by atoms with van der Waals surface area (Å²) in [5.41, 5.74) is 0.745. The van der Waals surface area contributed by atoms with E-state index < -0.39 is 0 Å². The van der Waals surface area contributed by atoms with Crippen molar-refractivity contribution in [2.75, 3.05) is 0 Å². The molecule has 0 saturated carbocycles. The normalized spacial score (nSPS) is 10.8. The van der Waals surface area contributed by atoms with Gasteiger partial charge in [0.05, 0.1) is 6.10 Å². The molecule has 0 fully saturated rings. The lowest BCUT2D eigenvalue weighted by atomic mass is 10.0. The third-order valence-corrected chi connectivity index (χ3v) is 3.87. The van der Waals surface area contributed by atoms with Gasteiger partial charge in [0.15, 0.2) is 5.78 Å². The summed E-state index contributed by atoms with van der Waals surface area (Å²) in [4.78, 5) is 13.5. The van der Waals surface area contributed by atoms with Crippen LogP contribution in [0.5, 0.6) is 5.75 Å². The van der Waals surface area contributed by atoms with Crippen LogP contribution in [0.4, 0.5) is 0 Å². The van der Waals surface area contributed by atoms with E-state index in [-0.39, 0.29) is 11.9 Å². The van der Waals surface area contributed by atoms with Crippen molar-refractivity contribution in [1.29, 1.82) is 0 Å². The molecule has 20 heavy (non-hydrogen) atoms. The van der Waals surface area contributed by atoms with Crippen LogP contribution >= 0.6 is 11.3 Å². The Labute approximate surface area is 124 Å². The molecular formula is C17H20O2S. The summed E-state index contributed by atoms with van der Waals surface area (Å²) < 4.78 is 5.62. The number of benzene rings is 1. The van der Waals surface area contributed by atoms with E-state index in [0.717, 1.165) is 24.2 Å². The Bertz CT molecular complexity index is 544. The van der Waals surface area contributed by atoms with Crippen molar-refractivity contribution in [2.24, 2.45) is 0 Å². The molecule has 2 nitrogen and oxygen atoms in total. The zero-order valence-corrected chi connectivity index (χ0v) is 12.8. The van der Waals surface area contributed by atoms with Gasteiger partial charge in [-0.2, -0.15) is 0 Å². The van der Waals surface area contributed by atoms with E-state index in [4.69, 9.17) is 4.74 Å². The zero-order valence-electron chi connectivity index (χ0n) is 12.0. The fraction of sp³-hybridized carbons (Fsp3) is 0.353. The summed E-state index contributed by atoms with van der Waals surface area (Å²) in [5, 5.41) is 2.07. The smallest absolute Gasteiger partial charge is 0.163 e. The second-order valence-corrected chi connectivity index (χ2v) is 6.08. The van der Waals surface area contributed by atoms with Crippen LogP contribution in [0.3, 0.4) is 0 Å². The van der Waals surface area contributed by atoms with Gasteiger partial charge in [0.1, 0.15) is 5.75 Å². The van der Waals surface area contributed by atoms with Gasteiger partial charge in [0.2, 0.25) is 0 Å². The predicted molar refractivity (Wildman–Crippen MR) is 83.8 cm³/mol. The molecule has 0 bridgehead atoms. The van der Waals surface area contributed by atoms with Gasteiger partial charge < -0.3 is 4.74 Å². The van der Waals surface area contributed by atoms with Gasteiger partial charge >= 0.3 is 0 Å². The van der Waals surface area contributed by atoms with E-state index in [1.165, 1.54) is 4.88 Å². The third kappa shape index (κ3) is 4.49. The first-order chi connectivity index (χ1) is 9.65. The number of carbonyl (C=O) groups is 1. The fourth-order valence-corrected chi connectivity index (χ4v) is 2.79. The number of rotatable bonds is 7. The molecule has 3 heteroatoms. The highest BCUT2D eigenvalue weighted by molar-refractivity contribution is 7.09. The Hall–Kier alpha value is -1.61. The van der Waals surface area contributed by atoms with Crippen molar-refractivity contribution in [3.05, 3.63) is 52.2 Å². The minimum atomic E-state index is 0.124. The van der Waals surface area contributed by atoms with Gasteiger partial charge in [0.25, 0.3) is 0 Å². The van der Waals surface area contributed by atoms with Crippen LogP contribution in [-0.2, 0) is 6.42 Å². The molecule has 0 atom stereocenters. The molecule has 2 rings (SSSR count). The molecule has 1 heterocycles. The van der Waals surface area contributed by atoms with Crippen LogP contribution < -0.4 is 4.74 Å². The summed E-state index contributed by atoms with van der Waals surface area (Å²) in [7, 11) is 0. The maximum absolute atomic E-state index is 12.2. The number of Topliss-reactive ketones (excluding diaryl/α,β-unsaturated/α-hetero) is 1. The Kier molecular flexibility index (Phi) is 5.36. The van der Waals surface area contributed by atoms with Gasteiger partial charge in [0, 0.05) is 16.9 Å². The van der Waals surface area contributed by atoms with Gasteiger partial charge in [-0.1, -0.05) is 18.2 Å². The lowest BCUT2D eigenvalue weighted by Gasteiger charge is -2.10. The first-order valence-electron chi connectivity index (χ1n) is 6.97. The van der Waals surface area contributed by atoms with Crippen molar-refractivity contribution >= 4 is 17.1 Å². The maximum atomic E-state index is 12.2. The Morgan fingerprint density at radius 3 is 2.80 bits per heavy atom. The van der Waals surface area contributed by atoms with Crippen molar-refractivity contribution in [2.45, 2.75) is 39.2 Å². The first kappa shape index (κ1) is 14.8. The second kappa shape index (κ2) is 7.25. The van der Waals surface area contributed by atoms with Crippen molar-refractivity contribution in [3.63, 3.8) is 0 Å². The Balaban J connectivity index is 1.88. The van der Waals surface area contributed by atoms with Crippen LogP contribution in [0, 0.1) is 0 Å². The SMILES string of the molecule is CC(C)Oc1cccc(C(=O)CCCc2cccs2)c1. The van der Waals surface area contributed by atoms with Gasteiger partial charge in [-0.15, -0.1) is 11.3 Å². The summed E-state index contributed by atoms with van der Waals surface area (Å²) in [6.45, 7) is 3.96. The molecule has 0 unspecified atom stereocenters. The van der Waals surface area contributed by atoms with Crippen LogP contribution in [0.1, 0.15) is 41.9 Å². The molecule has 0 amide bonds. The summed E-state index contributed by atoms with van der Waals surface area (Å²) in [5.74, 6) is 0.958. The molecule has 0 saturated heterocycles. The van der Waals surface area contributed by atoms with Crippen LogP contribution in [-0.4, -0.2) is 11.9 Å². The summed E-state index contributed by atoms with van der Waals surface area (Å²) in [6.07, 6.45) is 2.59. The number of thiophene rings is 1. The van der Waals surface area contributed by atoms with Gasteiger partial charge in [-0.25, -0.2) is 0 Å². The molecule has 0 N–H and O–H groups in total. The molecule has 1 aromatic heterocycles. The lowest BCUT2D eigenvalue weighted by Crippen LogP contribution is -2.06. The highest BCUT2D eigenvalue weighted by atomic mass is 32.1. The molecule has 1 aromatic carbocycles. The number of carbonyl (C=O) groups excluding carboxylic acids is 1. The third-order valence-electron chi connectivity index (χ3n) is 2.93. The van der Waals surface area contributed by atoms with E-state index in [9.17, 15) is 4.79 Å². The lowest BCUT2D eigenvalue weighted by molar-refractivity contribution is 0.0979. The monoisotopic (exact) mass is 288 g/mol. The number of aryl methyl sites for hydroxylation is 1. The van der Waals surface area contributed by atoms with E-state index in [2.05, 4.69) is 17.5 Å². The minimum absolute atomic E-state index is 0.124. The largest absolute Gasteiger partial charge is 0.491 e. The van der Waals surface area contributed by atoms with E-state index >= 15 is 0 Å². The van der Waals surface area contributed by atoms with Crippen LogP contribution in [0.25, 0.3) is 0 Å². The highest BCUT2D eigenvalue weighted by Crippen LogP contribution is 2.18. The van der Waals surface area contributed by atoms with Crippen LogP contribution in [0.15, 0.2) is 41.8 Å². The molecule has 0 aliphatic carbocycles. The quantitative estimate of drug-likeness (QED) is 0.688. The van der Waals surface area contributed by atoms with Gasteiger partial charge in [-0.3, -0.25) is 4.79 Å². The number of hydrogen-bond acceptors (Lipinski definition) is 3. The highest BCUT2D eigenvalue weighted by Gasteiger charge is 2.08. The molecule has 0 aliphatic rings. The average Bonchev–Trinajstić information content (AvgIpc) is 2.91. The van der Waals surface area contributed by atoms with Crippen molar-refractivity contribution in [1.82, 2.24) is 0 Å². The van der Waals surface area contributed by atoms with Gasteiger partial charge in [-0.05, 0) is 50.3 Å². The molecule has 0 radical (unpaired) electrons. The molecule has 0 spiro atoms. The average molecular weight is 288 g/mol. The number of ketones is 1. The molecule has 0 aliphatic heterocycles. The van der Waals surface area contributed by atoms with E-state index in [1.807, 2.05) is 38.1 Å². The first-order valence-corrected chi connectivity index (χ1v) is 7.85. The molecule has 2 aromatic rings. The van der Waals surface area contributed by atoms with E-state index in [1.54, 1.807) is 11.3 Å². The summed E-state index contributed by atoms with van der Waals surface area (Å²) in [6, 6.07) is 11.6. The Morgan fingerprint density at radius 2 is 2.10 bits per heavy atom. The zero-order chi connectivity index (χ0) is 14.4. The summed E-state index contributed by atoms with van der Waals surface area (Å²) >= 11 is 1.75. The fourth-order valence-electron chi connectivity index (χ4n) is 2.04. The van der Waals surface area contributed by atoms with Crippen molar-refractivity contribution in [3.8, 4) is 5.75 Å². The number of hydrogen-bond donors (Lipinski definition) is 0. The van der Waals surface area contributed by atoms with Crippen molar-refractivity contribution < 1.29 is 9.53 Å². The van der Waals surface area contributed by atoms with Crippen LogP contribution in [0.2, 0.25) is 0 Å². The maximum Gasteiger partial charge on any atom is 0.163 e. The van der Waals surface area contributed by atoms with E-state index in [0.29, 0.717) is 6.42 Å². The number of ether oxygens (including phenoxy) is 1. The minimum Gasteiger partial charge on any atom is -0.491 e. The molecule has 106 valence electrons. The predicted octanol–water partition coefficient (Wildman–Crippen LogP) is 4.74. The standard InChI is InChI=1S/C17H20O2S/c1-13(2)19-15-7-3-6-14(12-15)17(18)10-4-8-16-9-5-11-20-16/h3,5-7,9,11-13H,4,8,10H2,1-2H3. The Morgan fingerprint density at radius 1 is 1.25 bits per heavy atom. The molecular weight excluding hydrogens is 268 g/mol. The second-order valence-electron chi connectivity index (χ2n) is 5.05. The topological polar surface area (TPSA) is 26.3 Å².